The van der Waals surface area contributed by atoms with Crippen molar-refractivity contribution in [2.75, 3.05) is 28.4 Å². The van der Waals surface area contributed by atoms with Gasteiger partial charge in [-0.15, -0.1) is 0 Å². The van der Waals surface area contributed by atoms with Crippen molar-refractivity contribution < 1.29 is 23.7 Å². The summed E-state index contributed by atoms with van der Waals surface area (Å²) < 4.78 is 21.1. The fraction of sp³-hybridized carbons (Fsp3) is 0.250. The van der Waals surface area contributed by atoms with E-state index in [9.17, 15) is 4.79 Å². The van der Waals surface area contributed by atoms with Crippen LogP contribution < -0.4 is 18.9 Å². The third-order valence-electron chi connectivity index (χ3n) is 3.80. The molecular formula is C20H22O5. The number of benzene rings is 2. The second-order valence-corrected chi connectivity index (χ2v) is 5.34. The second-order valence-electron chi connectivity index (χ2n) is 5.34. The van der Waals surface area contributed by atoms with E-state index in [2.05, 4.69) is 0 Å². The fourth-order valence-corrected chi connectivity index (χ4v) is 2.50. The van der Waals surface area contributed by atoms with Crippen LogP contribution in [0.25, 0.3) is 6.08 Å². The van der Waals surface area contributed by atoms with Gasteiger partial charge in [-0.2, -0.15) is 0 Å². The number of methoxy groups -OCH3 is 4. The summed E-state index contributed by atoms with van der Waals surface area (Å²) in [5.74, 6) is 2.00. The van der Waals surface area contributed by atoms with Gasteiger partial charge in [0.15, 0.2) is 17.3 Å². The summed E-state index contributed by atoms with van der Waals surface area (Å²) in [6.45, 7) is 1.96. The average molecular weight is 342 g/mol. The molecule has 0 amide bonds. The molecule has 0 aromatic heterocycles. The molecule has 5 nitrogen and oxygen atoms in total. The normalized spacial score (nSPS) is 10.6. The van der Waals surface area contributed by atoms with Crippen LogP contribution in [0.5, 0.6) is 23.0 Å². The van der Waals surface area contributed by atoms with Gasteiger partial charge in [0.05, 0.1) is 28.4 Å². The van der Waals surface area contributed by atoms with Crippen LogP contribution in [0.4, 0.5) is 0 Å². The van der Waals surface area contributed by atoms with Crippen LogP contribution >= 0.6 is 0 Å². The van der Waals surface area contributed by atoms with Gasteiger partial charge >= 0.3 is 0 Å². The molecule has 0 spiro atoms. The lowest BCUT2D eigenvalue weighted by Gasteiger charge is -2.13. The topological polar surface area (TPSA) is 54.0 Å². The lowest BCUT2D eigenvalue weighted by molar-refractivity contribution is 0.104. The van der Waals surface area contributed by atoms with Crippen LogP contribution in [0.1, 0.15) is 21.5 Å². The maximum Gasteiger partial charge on any atom is 0.203 e. The zero-order valence-electron chi connectivity index (χ0n) is 15.1. The number of ether oxygens (including phenoxy) is 4. The van der Waals surface area contributed by atoms with Gasteiger partial charge in [-0.25, -0.2) is 0 Å². The van der Waals surface area contributed by atoms with Crippen LogP contribution in [-0.4, -0.2) is 34.2 Å². The van der Waals surface area contributed by atoms with Crippen molar-refractivity contribution in [2.45, 2.75) is 6.92 Å². The average Bonchev–Trinajstić information content (AvgIpc) is 2.64. The molecule has 132 valence electrons. The Kier molecular flexibility index (Phi) is 6.06. The predicted octanol–water partition coefficient (Wildman–Crippen LogP) is 3.93. The number of rotatable bonds is 7. The van der Waals surface area contributed by atoms with E-state index in [4.69, 9.17) is 18.9 Å². The SMILES string of the molecule is COc1ccc(/C=C/C(=O)c2cc(OC)c(OC)c(OC)c2)cc1C. The first-order valence-electron chi connectivity index (χ1n) is 7.71. The third-order valence-corrected chi connectivity index (χ3v) is 3.80. The smallest absolute Gasteiger partial charge is 0.203 e. The maximum absolute atomic E-state index is 12.5. The Labute approximate surface area is 147 Å². The Morgan fingerprint density at radius 1 is 0.840 bits per heavy atom. The molecule has 2 aromatic carbocycles. The van der Waals surface area contributed by atoms with Crippen LogP contribution in [0, 0.1) is 6.92 Å². The van der Waals surface area contributed by atoms with Crippen LogP contribution in [0.2, 0.25) is 0 Å². The molecule has 5 heteroatoms. The highest BCUT2D eigenvalue weighted by Gasteiger charge is 2.15. The minimum Gasteiger partial charge on any atom is -0.496 e. The van der Waals surface area contributed by atoms with Crippen molar-refractivity contribution in [2.24, 2.45) is 0 Å². The molecule has 2 rings (SSSR count). The van der Waals surface area contributed by atoms with E-state index in [1.807, 2.05) is 25.1 Å². The molecule has 0 aliphatic rings. The minimum absolute atomic E-state index is 0.160. The Bertz CT molecular complexity index is 768. The molecule has 0 radical (unpaired) electrons. The molecule has 0 bridgehead atoms. The molecule has 0 aliphatic heterocycles. The van der Waals surface area contributed by atoms with Crippen molar-refractivity contribution in [3.8, 4) is 23.0 Å². The van der Waals surface area contributed by atoms with Crippen molar-refractivity contribution in [1.29, 1.82) is 0 Å². The first kappa shape index (κ1) is 18.4. The Balaban J connectivity index is 2.30. The van der Waals surface area contributed by atoms with E-state index in [0.717, 1.165) is 16.9 Å². The Hall–Kier alpha value is -2.95. The highest BCUT2D eigenvalue weighted by molar-refractivity contribution is 6.07. The third kappa shape index (κ3) is 4.12. The van der Waals surface area contributed by atoms with E-state index in [0.29, 0.717) is 22.8 Å². The standard InChI is InChI=1S/C20H22O5/c1-13-10-14(7-9-17(13)22-2)6-8-16(21)15-11-18(23-3)20(25-5)19(12-15)24-4/h6-12H,1-5H3/b8-6+. The van der Waals surface area contributed by atoms with Crippen molar-refractivity contribution in [3.63, 3.8) is 0 Å². The molecule has 0 N–H and O–H groups in total. The van der Waals surface area contributed by atoms with Gasteiger partial charge < -0.3 is 18.9 Å². The van der Waals surface area contributed by atoms with Gasteiger partial charge in [0.2, 0.25) is 5.75 Å². The van der Waals surface area contributed by atoms with Gasteiger partial charge in [0, 0.05) is 5.56 Å². The van der Waals surface area contributed by atoms with Gasteiger partial charge in [-0.1, -0.05) is 12.1 Å². The molecule has 0 fully saturated rings. The Morgan fingerprint density at radius 3 is 1.92 bits per heavy atom. The lowest BCUT2D eigenvalue weighted by atomic mass is 10.1. The number of carbonyl (C=O) groups excluding carboxylic acids is 1. The van der Waals surface area contributed by atoms with Crippen molar-refractivity contribution in [3.05, 3.63) is 53.1 Å². The highest BCUT2D eigenvalue weighted by atomic mass is 16.5. The van der Waals surface area contributed by atoms with Gasteiger partial charge in [-0.3, -0.25) is 4.79 Å². The summed E-state index contributed by atoms with van der Waals surface area (Å²) in [4.78, 5) is 12.5. The van der Waals surface area contributed by atoms with E-state index in [-0.39, 0.29) is 5.78 Å². The zero-order chi connectivity index (χ0) is 18.4. The number of ketones is 1. The molecule has 0 atom stereocenters. The summed E-state index contributed by atoms with van der Waals surface area (Å²) in [6, 6.07) is 8.99. The number of allylic oxidation sites excluding steroid dienone is 1. The number of aryl methyl sites for hydroxylation is 1. The lowest BCUT2D eigenvalue weighted by Crippen LogP contribution is -2.00. The van der Waals surface area contributed by atoms with Crippen LogP contribution in [0.3, 0.4) is 0 Å². The first-order valence-corrected chi connectivity index (χ1v) is 7.71. The van der Waals surface area contributed by atoms with E-state index in [1.54, 1.807) is 25.3 Å². The van der Waals surface area contributed by atoms with E-state index < -0.39 is 0 Å². The minimum atomic E-state index is -0.160. The van der Waals surface area contributed by atoms with E-state index in [1.165, 1.54) is 27.4 Å². The van der Waals surface area contributed by atoms with E-state index >= 15 is 0 Å². The molecule has 2 aromatic rings. The summed E-state index contributed by atoms with van der Waals surface area (Å²) in [7, 11) is 6.18. The summed E-state index contributed by atoms with van der Waals surface area (Å²) in [5, 5.41) is 0. The van der Waals surface area contributed by atoms with Crippen molar-refractivity contribution >= 4 is 11.9 Å². The highest BCUT2D eigenvalue weighted by Crippen LogP contribution is 2.38. The van der Waals surface area contributed by atoms with Crippen LogP contribution in [-0.2, 0) is 0 Å². The quantitative estimate of drug-likeness (QED) is 0.564. The maximum atomic E-state index is 12.5. The molecular weight excluding hydrogens is 320 g/mol. The van der Waals surface area contributed by atoms with Crippen molar-refractivity contribution in [1.82, 2.24) is 0 Å². The first-order chi connectivity index (χ1) is 12.0. The summed E-state index contributed by atoms with van der Waals surface area (Å²) in [6.07, 6.45) is 3.28. The molecule has 25 heavy (non-hydrogen) atoms. The summed E-state index contributed by atoms with van der Waals surface area (Å²) >= 11 is 0. The Morgan fingerprint density at radius 2 is 1.44 bits per heavy atom. The molecule has 0 heterocycles. The monoisotopic (exact) mass is 342 g/mol. The van der Waals surface area contributed by atoms with Gasteiger partial charge in [-0.05, 0) is 48.4 Å². The number of hydrogen-bond donors (Lipinski definition) is 0. The largest absolute Gasteiger partial charge is 0.496 e. The second kappa shape index (κ2) is 8.24. The fourth-order valence-electron chi connectivity index (χ4n) is 2.50. The molecule has 0 saturated carbocycles. The molecule has 0 unspecified atom stereocenters. The van der Waals surface area contributed by atoms with Crippen LogP contribution in [0.15, 0.2) is 36.4 Å². The predicted molar refractivity (Wildman–Crippen MR) is 97.2 cm³/mol. The van der Waals surface area contributed by atoms with Gasteiger partial charge in [0.25, 0.3) is 0 Å². The zero-order valence-corrected chi connectivity index (χ0v) is 15.1. The number of carbonyl (C=O) groups is 1. The summed E-state index contributed by atoms with van der Waals surface area (Å²) in [5.41, 5.74) is 2.37. The number of hydrogen-bond acceptors (Lipinski definition) is 5. The molecule has 0 aliphatic carbocycles. The molecule has 0 saturated heterocycles. The van der Waals surface area contributed by atoms with Gasteiger partial charge in [0.1, 0.15) is 5.75 Å².